The third-order valence-electron chi connectivity index (χ3n) is 2.66. The molecule has 6 heteroatoms. The topological polar surface area (TPSA) is 46.1 Å². The van der Waals surface area contributed by atoms with E-state index in [9.17, 15) is 4.79 Å². The average molecular weight is 260 g/mol. The molecule has 1 aromatic heterocycles. The Labute approximate surface area is 104 Å². The van der Waals surface area contributed by atoms with Crippen LogP contribution in [-0.2, 0) is 0 Å². The molecule has 1 saturated heterocycles. The van der Waals surface area contributed by atoms with Gasteiger partial charge in [-0.3, -0.25) is 4.79 Å². The van der Waals surface area contributed by atoms with E-state index in [1.54, 1.807) is 4.90 Å². The Morgan fingerprint density at radius 2 is 2.25 bits per heavy atom. The molecule has 16 heavy (non-hydrogen) atoms. The number of aromatic nitrogens is 2. The Morgan fingerprint density at radius 3 is 2.88 bits per heavy atom. The van der Waals surface area contributed by atoms with Gasteiger partial charge in [-0.25, -0.2) is 0 Å². The van der Waals surface area contributed by atoms with Crippen LogP contribution in [0.25, 0.3) is 0 Å². The van der Waals surface area contributed by atoms with Gasteiger partial charge >= 0.3 is 0 Å². The van der Waals surface area contributed by atoms with E-state index >= 15 is 0 Å². The monoisotopic (exact) mass is 259 g/mol. The van der Waals surface area contributed by atoms with Gasteiger partial charge in [0.2, 0.25) is 0 Å². The molecule has 0 aromatic carbocycles. The highest BCUT2D eigenvalue weighted by Crippen LogP contribution is 2.22. The van der Waals surface area contributed by atoms with Gasteiger partial charge in [-0.2, -0.15) is 0 Å². The minimum Gasteiger partial charge on any atom is -0.338 e. The number of rotatable bonds is 1. The maximum absolute atomic E-state index is 12.1. The van der Waals surface area contributed by atoms with Crippen molar-refractivity contribution in [3.05, 3.63) is 21.9 Å². The molecule has 1 unspecified atom stereocenters. The van der Waals surface area contributed by atoms with Gasteiger partial charge in [0.05, 0.1) is 5.56 Å². The highest BCUT2D eigenvalue weighted by Gasteiger charge is 2.26. The number of hydrogen-bond acceptors (Lipinski definition) is 3. The SMILES string of the molecule is CC1CCN(C(=O)c2cc(Cl)nnc2Cl)C1. The predicted octanol–water partition coefficient (Wildman–Crippen LogP) is 2.27. The zero-order chi connectivity index (χ0) is 11.7. The van der Waals surface area contributed by atoms with E-state index in [4.69, 9.17) is 23.2 Å². The number of likely N-dealkylation sites (tertiary alicyclic amines) is 1. The summed E-state index contributed by atoms with van der Waals surface area (Å²) in [4.78, 5) is 13.8. The molecule has 0 bridgehead atoms. The minimum absolute atomic E-state index is 0.106. The Morgan fingerprint density at radius 1 is 1.50 bits per heavy atom. The maximum atomic E-state index is 12.1. The summed E-state index contributed by atoms with van der Waals surface area (Å²) >= 11 is 11.5. The van der Waals surface area contributed by atoms with Crippen LogP contribution < -0.4 is 0 Å². The predicted molar refractivity (Wildman–Crippen MR) is 61.7 cm³/mol. The highest BCUT2D eigenvalue weighted by molar-refractivity contribution is 6.34. The quantitative estimate of drug-likeness (QED) is 0.778. The Bertz CT molecular complexity index is 425. The fraction of sp³-hybridized carbons (Fsp3) is 0.500. The summed E-state index contributed by atoms with van der Waals surface area (Å²) in [5, 5.41) is 7.49. The first kappa shape index (κ1) is 11.6. The van der Waals surface area contributed by atoms with Gasteiger partial charge in [0.1, 0.15) is 0 Å². The third-order valence-corrected chi connectivity index (χ3v) is 3.12. The molecule has 1 aliphatic rings. The molecule has 1 amide bonds. The fourth-order valence-corrected chi connectivity index (χ4v) is 2.11. The Balaban J connectivity index is 2.23. The van der Waals surface area contributed by atoms with Gasteiger partial charge in [-0.05, 0) is 18.4 Å². The van der Waals surface area contributed by atoms with Crippen molar-refractivity contribution >= 4 is 29.1 Å². The van der Waals surface area contributed by atoms with Gasteiger partial charge < -0.3 is 4.90 Å². The molecular weight excluding hydrogens is 249 g/mol. The summed E-state index contributed by atoms with van der Waals surface area (Å²) in [6, 6.07) is 1.46. The van der Waals surface area contributed by atoms with Crippen molar-refractivity contribution in [1.29, 1.82) is 0 Å². The molecule has 1 aliphatic heterocycles. The lowest BCUT2D eigenvalue weighted by Gasteiger charge is -2.16. The van der Waals surface area contributed by atoms with E-state index in [2.05, 4.69) is 17.1 Å². The summed E-state index contributed by atoms with van der Waals surface area (Å²) in [6.07, 6.45) is 1.02. The average Bonchev–Trinajstić information content (AvgIpc) is 2.67. The van der Waals surface area contributed by atoms with Crippen LogP contribution in [0.15, 0.2) is 6.07 Å². The van der Waals surface area contributed by atoms with E-state index in [0.29, 0.717) is 11.5 Å². The van der Waals surface area contributed by atoms with Crippen molar-refractivity contribution in [2.24, 2.45) is 5.92 Å². The van der Waals surface area contributed by atoms with Crippen LogP contribution in [0.2, 0.25) is 10.3 Å². The molecular formula is C10H11Cl2N3O. The van der Waals surface area contributed by atoms with Crippen LogP contribution in [0.4, 0.5) is 0 Å². The number of hydrogen-bond donors (Lipinski definition) is 0. The van der Waals surface area contributed by atoms with Crippen molar-refractivity contribution in [2.45, 2.75) is 13.3 Å². The van der Waals surface area contributed by atoms with Crippen LogP contribution in [0.3, 0.4) is 0 Å². The van der Waals surface area contributed by atoms with Gasteiger partial charge in [0, 0.05) is 13.1 Å². The van der Waals surface area contributed by atoms with Gasteiger partial charge in [0.25, 0.3) is 5.91 Å². The van der Waals surface area contributed by atoms with E-state index in [0.717, 1.165) is 19.5 Å². The van der Waals surface area contributed by atoms with Crippen molar-refractivity contribution in [3.63, 3.8) is 0 Å². The molecule has 4 nitrogen and oxygen atoms in total. The smallest absolute Gasteiger partial charge is 0.257 e. The van der Waals surface area contributed by atoms with Crippen molar-refractivity contribution in [1.82, 2.24) is 15.1 Å². The van der Waals surface area contributed by atoms with Gasteiger partial charge in [-0.15, -0.1) is 10.2 Å². The molecule has 0 radical (unpaired) electrons. The first-order chi connectivity index (χ1) is 7.58. The molecule has 86 valence electrons. The van der Waals surface area contributed by atoms with Crippen molar-refractivity contribution in [3.8, 4) is 0 Å². The molecule has 2 heterocycles. The Hall–Kier alpha value is -0.870. The highest BCUT2D eigenvalue weighted by atomic mass is 35.5. The van der Waals surface area contributed by atoms with E-state index in [1.165, 1.54) is 6.07 Å². The van der Waals surface area contributed by atoms with Crippen LogP contribution in [-0.4, -0.2) is 34.1 Å². The maximum Gasteiger partial charge on any atom is 0.257 e. The molecule has 0 aliphatic carbocycles. The number of carbonyl (C=O) groups is 1. The largest absolute Gasteiger partial charge is 0.338 e. The van der Waals surface area contributed by atoms with Gasteiger partial charge in [-0.1, -0.05) is 30.1 Å². The van der Waals surface area contributed by atoms with Crippen LogP contribution >= 0.6 is 23.2 Å². The fourth-order valence-electron chi connectivity index (χ4n) is 1.79. The van der Waals surface area contributed by atoms with Gasteiger partial charge in [0.15, 0.2) is 10.3 Å². The number of halogens is 2. The third kappa shape index (κ3) is 2.28. The normalized spacial score (nSPS) is 20.2. The lowest BCUT2D eigenvalue weighted by molar-refractivity contribution is 0.0787. The second-order valence-electron chi connectivity index (χ2n) is 4.02. The Kier molecular flexibility index (Phi) is 3.30. The zero-order valence-corrected chi connectivity index (χ0v) is 10.3. The van der Waals surface area contributed by atoms with Crippen LogP contribution in [0, 0.1) is 5.92 Å². The number of nitrogens with zero attached hydrogens (tertiary/aromatic N) is 3. The summed E-state index contributed by atoms with van der Waals surface area (Å²) in [6.45, 7) is 3.64. The molecule has 1 atom stereocenters. The zero-order valence-electron chi connectivity index (χ0n) is 8.78. The van der Waals surface area contributed by atoms with Crippen LogP contribution in [0.1, 0.15) is 23.7 Å². The first-order valence-corrected chi connectivity index (χ1v) is 5.81. The molecule has 0 spiro atoms. The lowest BCUT2D eigenvalue weighted by Crippen LogP contribution is -2.29. The second-order valence-corrected chi connectivity index (χ2v) is 4.76. The molecule has 2 rings (SSSR count). The summed E-state index contributed by atoms with van der Waals surface area (Å²) < 4.78 is 0. The van der Waals surface area contributed by atoms with Crippen molar-refractivity contribution < 1.29 is 4.79 Å². The van der Waals surface area contributed by atoms with Crippen LogP contribution in [0.5, 0.6) is 0 Å². The molecule has 0 saturated carbocycles. The number of carbonyl (C=O) groups excluding carboxylic acids is 1. The van der Waals surface area contributed by atoms with Crippen molar-refractivity contribution in [2.75, 3.05) is 13.1 Å². The lowest BCUT2D eigenvalue weighted by atomic mass is 10.2. The first-order valence-electron chi connectivity index (χ1n) is 5.06. The summed E-state index contributed by atoms with van der Waals surface area (Å²) in [5.74, 6) is 0.416. The number of amides is 1. The molecule has 1 aromatic rings. The second kappa shape index (κ2) is 4.55. The summed E-state index contributed by atoms with van der Waals surface area (Å²) in [5.41, 5.74) is 0.329. The van der Waals surface area contributed by atoms with E-state index in [1.807, 2.05) is 0 Å². The van der Waals surface area contributed by atoms with E-state index in [-0.39, 0.29) is 16.2 Å². The molecule has 1 fully saturated rings. The summed E-state index contributed by atoms with van der Waals surface area (Å²) in [7, 11) is 0. The molecule has 0 N–H and O–H groups in total. The van der Waals surface area contributed by atoms with E-state index < -0.39 is 0 Å². The standard InChI is InChI=1S/C10H11Cl2N3O/c1-6-2-3-15(5-6)10(16)7-4-8(11)13-14-9(7)12/h4,6H,2-3,5H2,1H3. The minimum atomic E-state index is -0.119.